The first-order valence-corrected chi connectivity index (χ1v) is 12.2. The summed E-state index contributed by atoms with van der Waals surface area (Å²) in [5.41, 5.74) is 6.95. The molecule has 5 nitrogen and oxygen atoms in total. The van der Waals surface area contributed by atoms with Gasteiger partial charge < -0.3 is 19.9 Å². The minimum atomic E-state index is -0.167. The first kappa shape index (κ1) is 25.6. The van der Waals surface area contributed by atoms with Gasteiger partial charge in [0.25, 0.3) is 5.91 Å². The van der Waals surface area contributed by atoms with E-state index in [1.807, 2.05) is 49.1 Å². The number of hydrogen-bond donors (Lipinski definition) is 1. The molecule has 3 rings (SSSR count). The molecule has 0 spiro atoms. The molecule has 0 bridgehead atoms. The van der Waals surface area contributed by atoms with Crippen molar-refractivity contribution in [3.05, 3.63) is 77.5 Å². The maximum atomic E-state index is 12.6. The van der Waals surface area contributed by atoms with Crippen LogP contribution in [0.4, 0.5) is 5.69 Å². The summed E-state index contributed by atoms with van der Waals surface area (Å²) in [6, 6.07) is 14.9. The summed E-state index contributed by atoms with van der Waals surface area (Å²) >= 11 is 0. The summed E-state index contributed by atoms with van der Waals surface area (Å²) < 4.78 is 5.85. The van der Waals surface area contributed by atoms with Gasteiger partial charge in [0, 0.05) is 31.2 Å². The van der Waals surface area contributed by atoms with E-state index in [0.717, 1.165) is 43.1 Å². The smallest absolute Gasteiger partial charge is 0.253 e. The van der Waals surface area contributed by atoms with Crippen LogP contribution < -0.4 is 15.0 Å². The first-order chi connectivity index (χ1) is 16.2. The molecule has 0 saturated carbocycles. The van der Waals surface area contributed by atoms with Gasteiger partial charge in [-0.2, -0.15) is 0 Å². The van der Waals surface area contributed by atoms with Crippen LogP contribution in [0.3, 0.4) is 0 Å². The summed E-state index contributed by atoms with van der Waals surface area (Å²) in [4.78, 5) is 16.8. The lowest BCUT2D eigenvalue weighted by Gasteiger charge is -2.51. The van der Waals surface area contributed by atoms with Crippen molar-refractivity contribution in [1.82, 2.24) is 10.2 Å². The Balaban J connectivity index is 1.83. The molecule has 182 valence electrons. The molecule has 2 aromatic rings. The second-order valence-corrected chi connectivity index (χ2v) is 9.54. The number of nitrogens with one attached hydrogen (secondary N) is 1. The largest absolute Gasteiger partial charge is 0.495 e. The molecular weight excluding hydrogens is 422 g/mol. The summed E-state index contributed by atoms with van der Waals surface area (Å²) in [6.07, 6.45) is 2.79. The van der Waals surface area contributed by atoms with E-state index in [1.165, 1.54) is 11.1 Å². The Kier molecular flexibility index (Phi) is 8.24. The van der Waals surface area contributed by atoms with Crippen molar-refractivity contribution < 1.29 is 9.53 Å². The lowest BCUT2D eigenvalue weighted by molar-refractivity contribution is 0.0773. The van der Waals surface area contributed by atoms with Gasteiger partial charge >= 0.3 is 0 Å². The van der Waals surface area contributed by atoms with Crippen LogP contribution in [0.5, 0.6) is 5.75 Å². The van der Waals surface area contributed by atoms with E-state index in [1.54, 1.807) is 7.11 Å². The number of hydrogen-bond acceptors (Lipinski definition) is 4. The van der Waals surface area contributed by atoms with Gasteiger partial charge in [0.1, 0.15) is 5.75 Å². The molecule has 1 aliphatic rings. The van der Waals surface area contributed by atoms with Crippen molar-refractivity contribution in [3.63, 3.8) is 0 Å². The number of carbonyl (C=O) groups is 1. The van der Waals surface area contributed by atoms with Crippen LogP contribution in [-0.4, -0.2) is 55.2 Å². The number of benzene rings is 2. The minimum absolute atomic E-state index is 0.0834. The number of anilines is 1. The predicted molar refractivity (Wildman–Crippen MR) is 141 cm³/mol. The third kappa shape index (κ3) is 5.38. The molecule has 2 unspecified atom stereocenters. The SMILES string of the molecule is C=C=CC1NC(C)CN(c2ccc(Cc3ccc(C(=O)N(CC)CC)cc3)cc2OC)C1(C)C. The molecule has 1 aliphatic heterocycles. The number of rotatable bonds is 8. The highest BCUT2D eigenvalue weighted by atomic mass is 16.5. The van der Waals surface area contributed by atoms with Crippen molar-refractivity contribution in [2.75, 3.05) is 31.6 Å². The van der Waals surface area contributed by atoms with Crippen molar-refractivity contribution in [2.45, 2.75) is 58.7 Å². The molecule has 1 N–H and O–H groups in total. The van der Waals surface area contributed by atoms with Crippen LogP contribution >= 0.6 is 0 Å². The van der Waals surface area contributed by atoms with E-state index >= 15 is 0 Å². The fraction of sp³-hybridized carbons (Fsp3) is 0.448. The van der Waals surface area contributed by atoms with Gasteiger partial charge in [-0.15, -0.1) is 5.73 Å². The van der Waals surface area contributed by atoms with Crippen LogP contribution in [0.2, 0.25) is 0 Å². The molecule has 1 amide bonds. The average molecular weight is 462 g/mol. The predicted octanol–water partition coefficient (Wildman–Crippen LogP) is 5.05. The Labute approximate surface area is 205 Å². The third-order valence-electron chi connectivity index (χ3n) is 6.86. The number of amides is 1. The fourth-order valence-electron chi connectivity index (χ4n) is 4.77. The quantitative estimate of drug-likeness (QED) is 0.559. The lowest BCUT2D eigenvalue weighted by Crippen LogP contribution is -2.66. The van der Waals surface area contributed by atoms with Gasteiger partial charge in [-0.1, -0.05) is 24.8 Å². The highest BCUT2D eigenvalue weighted by Gasteiger charge is 2.40. The van der Waals surface area contributed by atoms with Gasteiger partial charge in [-0.05, 0) is 82.5 Å². The summed E-state index contributed by atoms with van der Waals surface area (Å²) in [6.45, 7) is 16.8. The second kappa shape index (κ2) is 10.9. The molecule has 1 fully saturated rings. The monoisotopic (exact) mass is 461 g/mol. The number of methoxy groups -OCH3 is 1. The topological polar surface area (TPSA) is 44.8 Å². The zero-order valence-electron chi connectivity index (χ0n) is 21.5. The highest BCUT2D eigenvalue weighted by Crippen LogP contribution is 2.37. The van der Waals surface area contributed by atoms with Crippen molar-refractivity contribution in [3.8, 4) is 5.75 Å². The Morgan fingerprint density at radius 1 is 1.21 bits per heavy atom. The van der Waals surface area contributed by atoms with E-state index in [4.69, 9.17) is 4.74 Å². The first-order valence-electron chi connectivity index (χ1n) is 12.2. The molecule has 2 atom stereocenters. The van der Waals surface area contributed by atoms with Crippen LogP contribution in [0.25, 0.3) is 0 Å². The molecule has 34 heavy (non-hydrogen) atoms. The maximum Gasteiger partial charge on any atom is 0.253 e. The highest BCUT2D eigenvalue weighted by molar-refractivity contribution is 5.94. The van der Waals surface area contributed by atoms with Gasteiger partial charge in [-0.3, -0.25) is 4.79 Å². The van der Waals surface area contributed by atoms with Crippen LogP contribution in [0, 0.1) is 0 Å². The number of piperazine rings is 1. The Morgan fingerprint density at radius 2 is 1.85 bits per heavy atom. The standard InChI is InChI=1S/C29H39N3O2/c1-8-11-27-29(5,6)32(20-21(4)30-27)25-17-14-23(19-26(25)34-7)18-22-12-15-24(16-13-22)28(33)31(9-2)10-3/h11-17,19,21,27,30H,1,9-10,18,20H2,2-7H3. The molecule has 0 aliphatic carbocycles. The van der Waals surface area contributed by atoms with Gasteiger partial charge in [-0.25, -0.2) is 0 Å². The van der Waals surface area contributed by atoms with E-state index in [9.17, 15) is 4.79 Å². The van der Waals surface area contributed by atoms with Crippen LogP contribution in [0.15, 0.2) is 60.9 Å². The van der Waals surface area contributed by atoms with E-state index < -0.39 is 0 Å². The Hall–Kier alpha value is -3.01. The summed E-state index contributed by atoms with van der Waals surface area (Å²) in [5, 5.41) is 3.65. The minimum Gasteiger partial charge on any atom is -0.495 e. The zero-order chi connectivity index (χ0) is 24.9. The molecule has 5 heteroatoms. The average Bonchev–Trinajstić information content (AvgIpc) is 2.82. The van der Waals surface area contributed by atoms with E-state index in [0.29, 0.717) is 6.04 Å². The number of carbonyl (C=O) groups excluding carboxylic acids is 1. The molecule has 1 heterocycles. The van der Waals surface area contributed by atoms with Gasteiger partial charge in [0.15, 0.2) is 0 Å². The van der Waals surface area contributed by atoms with Crippen LogP contribution in [-0.2, 0) is 6.42 Å². The molecule has 2 aromatic carbocycles. The van der Waals surface area contributed by atoms with Crippen molar-refractivity contribution in [1.29, 1.82) is 0 Å². The van der Waals surface area contributed by atoms with Crippen LogP contribution in [0.1, 0.15) is 56.1 Å². The number of ether oxygens (including phenoxy) is 1. The van der Waals surface area contributed by atoms with Crippen molar-refractivity contribution >= 4 is 11.6 Å². The van der Waals surface area contributed by atoms with Crippen molar-refractivity contribution in [2.24, 2.45) is 0 Å². The fourth-order valence-corrected chi connectivity index (χ4v) is 4.77. The van der Waals surface area contributed by atoms with E-state index in [-0.39, 0.29) is 17.5 Å². The Morgan fingerprint density at radius 3 is 2.44 bits per heavy atom. The van der Waals surface area contributed by atoms with Gasteiger partial charge in [0.05, 0.1) is 24.4 Å². The van der Waals surface area contributed by atoms with Gasteiger partial charge in [0.2, 0.25) is 0 Å². The zero-order valence-corrected chi connectivity index (χ0v) is 21.5. The summed E-state index contributed by atoms with van der Waals surface area (Å²) in [7, 11) is 1.73. The summed E-state index contributed by atoms with van der Waals surface area (Å²) in [5.74, 6) is 0.953. The molecule has 0 radical (unpaired) electrons. The third-order valence-corrected chi connectivity index (χ3v) is 6.86. The molecular formula is C29H39N3O2. The Bertz CT molecular complexity index is 1030. The lowest BCUT2D eigenvalue weighted by atomic mass is 9.87. The normalized spacial score (nSPS) is 19.3. The maximum absolute atomic E-state index is 12.6. The molecule has 1 saturated heterocycles. The second-order valence-electron chi connectivity index (χ2n) is 9.54. The number of nitrogens with zero attached hydrogens (tertiary/aromatic N) is 2. The van der Waals surface area contributed by atoms with E-state index in [2.05, 4.69) is 61.5 Å². The molecule has 0 aromatic heterocycles.